The largest absolute Gasteiger partial charge is 0.507 e. The average molecular weight is 596 g/mol. The summed E-state index contributed by atoms with van der Waals surface area (Å²) < 4.78 is 8.09. The van der Waals surface area contributed by atoms with Gasteiger partial charge in [0.05, 0.1) is 29.7 Å². The first-order valence-electron chi connectivity index (χ1n) is 11.8. The van der Waals surface area contributed by atoms with Gasteiger partial charge in [-0.1, -0.05) is 48.8 Å². The van der Waals surface area contributed by atoms with E-state index >= 15 is 0 Å². The van der Waals surface area contributed by atoms with Crippen LogP contribution in [0.15, 0.2) is 81.5 Å². The third kappa shape index (κ3) is 6.62. The van der Waals surface area contributed by atoms with Crippen molar-refractivity contribution in [2.24, 2.45) is 5.10 Å². The Morgan fingerprint density at radius 2 is 1.87 bits per heavy atom. The minimum absolute atomic E-state index is 0.0467. The Kier molecular flexibility index (Phi) is 8.53. The van der Waals surface area contributed by atoms with Gasteiger partial charge < -0.3 is 9.84 Å². The van der Waals surface area contributed by atoms with E-state index in [1.807, 2.05) is 28.8 Å². The molecule has 0 aliphatic heterocycles. The van der Waals surface area contributed by atoms with Crippen LogP contribution in [0.3, 0.4) is 0 Å². The fourth-order valence-corrected chi connectivity index (χ4v) is 4.79. The lowest BCUT2D eigenvalue weighted by Crippen LogP contribution is -2.34. The van der Waals surface area contributed by atoms with E-state index < -0.39 is 0 Å². The highest BCUT2D eigenvalue weighted by Crippen LogP contribution is 2.26. The van der Waals surface area contributed by atoms with Gasteiger partial charge in [0.1, 0.15) is 17.2 Å². The zero-order valence-corrected chi connectivity index (χ0v) is 23.9. The normalized spacial score (nSPS) is 11.6. The number of H-pyrrole nitrogens is 1. The Labute approximate surface area is 234 Å². The molecule has 0 saturated heterocycles. The van der Waals surface area contributed by atoms with Crippen molar-refractivity contribution in [2.75, 3.05) is 12.9 Å². The Hall–Kier alpha value is -3.63. The van der Waals surface area contributed by atoms with E-state index in [9.17, 15) is 9.90 Å². The number of hydrogen-bond acceptors (Lipinski definition) is 6. The van der Waals surface area contributed by atoms with Crippen molar-refractivity contribution in [3.63, 3.8) is 0 Å². The lowest BCUT2D eigenvalue weighted by molar-refractivity contribution is -0.625. The molecular formula is C28H29BrN5O3S+. The molecule has 0 spiro atoms. The number of hydrazone groups is 1. The maximum atomic E-state index is 12.5. The van der Waals surface area contributed by atoms with E-state index in [4.69, 9.17) is 4.74 Å². The van der Waals surface area contributed by atoms with E-state index in [2.05, 4.69) is 81.7 Å². The molecule has 8 nitrogen and oxygen atoms in total. The van der Waals surface area contributed by atoms with E-state index in [0.717, 1.165) is 27.3 Å². The van der Waals surface area contributed by atoms with Gasteiger partial charge in [0.25, 0.3) is 11.7 Å². The number of carbonyl (C=O) groups excluding carboxylic acids is 1. The third-order valence-corrected chi connectivity index (χ3v) is 7.17. The van der Waals surface area contributed by atoms with Crippen molar-refractivity contribution in [1.82, 2.24) is 15.6 Å². The van der Waals surface area contributed by atoms with Crippen LogP contribution in [0.5, 0.6) is 11.5 Å². The first kappa shape index (κ1) is 27.4. The monoisotopic (exact) mass is 594 g/mol. The van der Waals surface area contributed by atoms with Crippen molar-refractivity contribution >= 4 is 39.8 Å². The highest BCUT2D eigenvalue weighted by molar-refractivity contribution is 9.10. The number of aromatic nitrogens is 3. The van der Waals surface area contributed by atoms with Crippen LogP contribution in [0.25, 0.3) is 17.1 Å². The van der Waals surface area contributed by atoms with Gasteiger partial charge in [-0.25, -0.2) is 5.43 Å². The highest BCUT2D eigenvalue weighted by Gasteiger charge is 2.25. The number of carbonyl (C=O) groups is 1. The van der Waals surface area contributed by atoms with Gasteiger partial charge in [-0.05, 0) is 77.3 Å². The molecule has 0 atom stereocenters. The lowest BCUT2D eigenvalue weighted by Gasteiger charge is -2.18. The van der Waals surface area contributed by atoms with E-state index in [0.29, 0.717) is 10.7 Å². The Bertz CT molecular complexity index is 1450. The number of nitrogens with zero attached hydrogens (tertiary/aromatic N) is 3. The molecule has 0 aliphatic carbocycles. The van der Waals surface area contributed by atoms with Gasteiger partial charge in [0.15, 0.2) is 0 Å². The van der Waals surface area contributed by atoms with Crippen molar-refractivity contribution in [3.8, 4) is 28.6 Å². The maximum absolute atomic E-state index is 12.5. The van der Waals surface area contributed by atoms with Crippen molar-refractivity contribution in [2.45, 2.75) is 31.3 Å². The molecule has 0 radical (unpaired) electrons. The Morgan fingerprint density at radius 1 is 1.16 bits per heavy atom. The molecule has 1 amide bonds. The summed E-state index contributed by atoms with van der Waals surface area (Å²) in [6, 6.07) is 21.0. The predicted octanol–water partition coefficient (Wildman–Crippen LogP) is 5.37. The molecule has 38 heavy (non-hydrogen) atoms. The minimum atomic E-state index is -0.305. The van der Waals surface area contributed by atoms with E-state index in [-0.39, 0.29) is 22.8 Å². The molecule has 3 aromatic carbocycles. The number of amides is 1. The van der Waals surface area contributed by atoms with Crippen LogP contribution in [-0.4, -0.2) is 40.3 Å². The second kappa shape index (κ2) is 11.8. The molecule has 0 unspecified atom stereocenters. The van der Waals surface area contributed by atoms with Crippen LogP contribution < -0.4 is 14.7 Å². The van der Waals surface area contributed by atoms with Gasteiger partial charge >= 0.3 is 5.16 Å². The maximum Gasteiger partial charge on any atom is 0.342 e. The molecule has 0 saturated carbocycles. The molecule has 4 aromatic rings. The molecule has 4 rings (SSSR count). The second-order valence-corrected chi connectivity index (χ2v) is 11.4. The number of hydrogen-bond donors (Lipinski definition) is 3. The summed E-state index contributed by atoms with van der Waals surface area (Å²) in [5.41, 5.74) is 6.11. The summed E-state index contributed by atoms with van der Waals surface area (Å²) in [4.78, 5) is 12.5. The van der Waals surface area contributed by atoms with Crippen molar-refractivity contribution in [1.29, 1.82) is 0 Å². The third-order valence-electron chi connectivity index (χ3n) is 5.74. The fourth-order valence-electron chi connectivity index (χ4n) is 3.65. The van der Waals surface area contributed by atoms with Crippen LogP contribution in [0, 0.1) is 0 Å². The highest BCUT2D eigenvalue weighted by atomic mass is 79.9. The number of thioether (sulfide) groups is 1. The quantitative estimate of drug-likeness (QED) is 0.110. The molecule has 10 heteroatoms. The Balaban J connectivity index is 1.55. The number of rotatable bonds is 8. The molecule has 3 N–H and O–H groups in total. The smallest absolute Gasteiger partial charge is 0.342 e. The van der Waals surface area contributed by atoms with E-state index in [1.54, 1.807) is 25.3 Å². The molecule has 196 valence electrons. The molecule has 0 aliphatic rings. The predicted molar refractivity (Wildman–Crippen MR) is 153 cm³/mol. The molecule has 0 bridgehead atoms. The number of methoxy groups -OCH3 is 1. The SMILES string of the molecule is COc1ccc(-[n+]2c(SCC(=O)NN=Cc3cc(Br)ccc3O)n[nH]c2-c2ccc(C(C)(C)C)cc2)cc1. The standard InChI is InChI=1S/C28H28BrN5O3S/c1-28(2,3)20-7-5-18(6-8-20)26-32-33-27(34(26)22-10-12-23(37-4)13-11-22)38-17-25(36)31-30-16-19-15-21(29)9-14-24(19)35/h5-16H,17H2,1-4H3,(H2,30,31,35,36)/p+1. The van der Waals surface area contributed by atoms with Gasteiger partial charge in [-0.15, -0.1) is 5.10 Å². The Morgan fingerprint density at radius 3 is 2.53 bits per heavy atom. The summed E-state index contributed by atoms with van der Waals surface area (Å²) in [5.74, 6) is 1.39. The van der Waals surface area contributed by atoms with Crippen molar-refractivity contribution in [3.05, 3.63) is 82.3 Å². The molecule has 0 fully saturated rings. The van der Waals surface area contributed by atoms with Crippen molar-refractivity contribution < 1.29 is 19.2 Å². The first-order valence-corrected chi connectivity index (χ1v) is 13.6. The van der Waals surface area contributed by atoms with Crippen LogP contribution in [0.4, 0.5) is 0 Å². The number of ether oxygens (including phenoxy) is 1. The van der Waals surface area contributed by atoms with E-state index in [1.165, 1.54) is 23.5 Å². The minimum Gasteiger partial charge on any atom is -0.507 e. The zero-order valence-electron chi connectivity index (χ0n) is 21.5. The first-order chi connectivity index (χ1) is 18.2. The van der Waals surface area contributed by atoms with Crippen LogP contribution in [0.1, 0.15) is 31.9 Å². The molecule has 1 heterocycles. The molecule has 1 aromatic heterocycles. The van der Waals surface area contributed by atoms with Gasteiger partial charge in [0, 0.05) is 10.0 Å². The summed E-state index contributed by atoms with van der Waals surface area (Å²) in [6.07, 6.45) is 1.40. The fraction of sp³-hybridized carbons (Fsp3) is 0.214. The van der Waals surface area contributed by atoms with Gasteiger partial charge in [-0.3, -0.25) is 4.79 Å². The van der Waals surface area contributed by atoms with Gasteiger partial charge in [-0.2, -0.15) is 9.67 Å². The topological polar surface area (TPSA) is 103 Å². The van der Waals surface area contributed by atoms with Crippen LogP contribution in [-0.2, 0) is 10.2 Å². The van der Waals surface area contributed by atoms with Gasteiger partial charge in [0.2, 0.25) is 0 Å². The summed E-state index contributed by atoms with van der Waals surface area (Å²) in [6.45, 7) is 6.54. The second-order valence-electron chi connectivity index (χ2n) is 9.50. The number of phenolic OH excluding ortho intramolecular Hbond substituents is 1. The summed E-state index contributed by atoms with van der Waals surface area (Å²) >= 11 is 4.63. The number of phenols is 1. The van der Waals surface area contributed by atoms with Crippen LogP contribution >= 0.6 is 27.7 Å². The summed E-state index contributed by atoms with van der Waals surface area (Å²) in [7, 11) is 1.63. The lowest BCUT2D eigenvalue weighted by atomic mass is 9.87. The number of aromatic hydroxyl groups is 1. The summed E-state index contributed by atoms with van der Waals surface area (Å²) in [5, 5.41) is 22.2. The van der Waals surface area contributed by atoms with Crippen LogP contribution in [0.2, 0.25) is 0 Å². The molecular weight excluding hydrogens is 566 g/mol. The number of aromatic amines is 1. The number of halogens is 1. The zero-order chi connectivity index (χ0) is 27.3. The number of nitrogens with one attached hydrogen (secondary N) is 2. The number of benzene rings is 3. The average Bonchev–Trinajstić information content (AvgIpc) is 3.33.